The Kier molecular flexibility index (Phi) is 7.21. The van der Waals surface area contributed by atoms with E-state index in [2.05, 4.69) is 10.6 Å². The number of amides is 1. The van der Waals surface area contributed by atoms with Crippen LogP contribution in [0.4, 0.5) is 0 Å². The summed E-state index contributed by atoms with van der Waals surface area (Å²) >= 11 is 1.40. The number of hydrogen-bond acceptors (Lipinski definition) is 8. The maximum Gasteiger partial charge on any atom is 0.341 e. The summed E-state index contributed by atoms with van der Waals surface area (Å²) in [7, 11) is 0. The molecule has 1 aliphatic rings. The minimum Gasteiger partial charge on any atom is -0.482 e. The van der Waals surface area contributed by atoms with Gasteiger partial charge in [0.05, 0.1) is 17.0 Å². The molecule has 0 unspecified atom stereocenters. The molecule has 0 aliphatic carbocycles. The van der Waals surface area contributed by atoms with Crippen LogP contribution in [0.25, 0.3) is 0 Å². The first-order valence-corrected chi connectivity index (χ1v) is 10.1. The van der Waals surface area contributed by atoms with Crippen molar-refractivity contribution in [3.05, 3.63) is 45.1 Å². The maximum absolute atomic E-state index is 12.6. The predicted molar refractivity (Wildman–Crippen MR) is 109 cm³/mol. The summed E-state index contributed by atoms with van der Waals surface area (Å²) in [5, 5.41) is 23.4. The van der Waals surface area contributed by atoms with Crippen LogP contribution in [0.15, 0.2) is 24.3 Å². The van der Waals surface area contributed by atoms with E-state index in [-0.39, 0.29) is 29.5 Å². The van der Waals surface area contributed by atoms with Gasteiger partial charge in [0.2, 0.25) is 0 Å². The monoisotopic (exact) mass is 448 g/mol. The molecule has 3 rings (SSSR count). The van der Waals surface area contributed by atoms with Crippen molar-refractivity contribution in [2.75, 3.05) is 26.3 Å². The highest BCUT2D eigenvalue weighted by atomic mass is 32.1. The van der Waals surface area contributed by atoms with Crippen molar-refractivity contribution in [1.82, 2.24) is 10.6 Å². The first-order chi connectivity index (χ1) is 14.8. The van der Waals surface area contributed by atoms with E-state index in [1.165, 1.54) is 29.5 Å². The average Bonchev–Trinajstić information content (AvgIpc) is 3.18. The third kappa shape index (κ3) is 6.03. The van der Waals surface area contributed by atoms with E-state index in [0.29, 0.717) is 11.4 Å². The number of carboxylic acids is 2. The SMILES string of the molecule is O=C(O)COc1ccc(C(=O)CNC(=O)c2cc3c(s2)CCNC3)c(OCC(=O)O)c1. The normalized spacial score (nSPS) is 12.5. The second kappa shape index (κ2) is 10.0. The molecule has 1 amide bonds. The molecule has 0 saturated carbocycles. The van der Waals surface area contributed by atoms with Gasteiger partial charge in [-0.25, -0.2) is 9.59 Å². The van der Waals surface area contributed by atoms with Gasteiger partial charge in [-0.3, -0.25) is 9.59 Å². The molecule has 1 aliphatic heterocycles. The predicted octanol–water partition coefficient (Wildman–Crippen LogP) is 0.933. The minimum atomic E-state index is -1.25. The fraction of sp³-hybridized carbons (Fsp3) is 0.300. The Bertz CT molecular complexity index is 993. The lowest BCUT2D eigenvalue weighted by molar-refractivity contribution is -0.140. The summed E-state index contributed by atoms with van der Waals surface area (Å²) in [6.45, 7) is -0.0682. The first kappa shape index (κ1) is 22.2. The van der Waals surface area contributed by atoms with Crippen molar-refractivity contribution >= 4 is 35.0 Å². The summed E-state index contributed by atoms with van der Waals surface area (Å²) in [6, 6.07) is 5.74. The molecule has 164 valence electrons. The third-order valence-electron chi connectivity index (χ3n) is 4.34. The smallest absolute Gasteiger partial charge is 0.341 e. The topological polar surface area (TPSA) is 151 Å². The molecule has 2 heterocycles. The van der Waals surface area contributed by atoms with E-state index >= 15 is 0 Å². The number of Topliss-reactive ketones (excluding diaryl/α,β-unsaturated/α-hetero) is 1. The lowest BCUT2D eigenvalue weighted by atomic mass is 10.1. The molecule has 1 aromatic carbocycles. The van der Waals surface area contributed by atoms with Gasteiger partial charge < -0.3 is 30.3 Å². The van der Waals surface area contributed by atoms with Gasteiger partial charge in [-0.15, -0.1) is 11.3 Å². The highest BCUT2D eigenvalue weighted by molar-refractivity contribution is 7.14. The highest BCUT2D eigenvalue weighted by Gasteiger charge is 2.20. The molecule has 0 radical (unpaired) electrons. The standard InChI is InChI=1S/C20H20N2O8S/c23-14(8-22-20(28)17-5-11-7-21-4-3-16(11)31-17)13-2-1-12(29-9-18(24)25)6-15(13)30-10-19(26)27/h1-2,5-6,21H,3-4,7-10H2,(H,22,28)(H,24,25)(H,26,27). The molecule has 0 saturated heterocycles. The molecule has 10 nitrogen and oxygen atoms in total. The van der Waals surface area contributed by atoms with Crippen LogP contribution in [0.2, 0.25) is 0 Å². The van der Waals surface area contributed by atoms with E-state index in [0.717, 1.165) is 23.4 Å². The Morgan fingerprint density at radius 1 is 1.06 bits per heavy atom. The summed E-state index contributed by atoms with van der Waals surface area (Å²) in [6.07, 6.45) is 0.854. The van der Waals surface area contributed by atoms with Crippen LogP contribution in [0, 0.1) is 0 Å². The van der Waals surface area contributed by atoms with Gasteiger partial charge in [-0.05, 0) is 30.2 Å². The lowest BCUT2D eigenvalue weighted by Gasteiger charge is -2.12. The molecule has 0 bridgehead atoms. The number of nitrogens with one attached hydrogen (secondary N) is 2. The Morgan fingerprint density at radius 3 is 2.52 bits per heavy atom. The van der Waals surface area contributed by atoms with Gasteiger partial charge in [0.1, 0.15) is 11.5 Å². The van der Waals surface area contributed by atoms with Crippen LogP contribution in [0.5, 0.6) is 11.5 Å². The van der Waals surface area contributed by atoms with Gasteiger partial charge in [0.15, 0.2) is 19.0 Å². The Labute approximate surface area is 180 Å². The molecule has 4 N–H and O–H groups in total. The number of ketones is 1. The summed E-state index contributed by atoms with van der Waals surface area (Å²) < 4.78 is 10.2. The number of aliphatic carboxylic acids is 2. The molecule has 0 fully saturated rings. The van der Waals surface area contributed by atoms with Crippen LogP contribution in [-0.4, -0.2) is 60.1 Å². The summed E-state index contributed by atoms with van der Waals surface area (Å²) in [4.78, 5) is 48.2. The molecule has 2 aromatic rings. The van der Waals surface area contributed by atoms with Crippen molar-refractivity contribution in [2.45, 2.75) is 13.0 Å². The van der Waals surface area contributed by atoms with Gasteiger partial charge in [-0.2, -0.15) is 0 Å². The lowest BCUT2D eigenvalue weighted by Crippen LogP contribution is -2.29. The van der Waals surface area contributed by atoms with Crippen molar-refractivity contribution in [1.29, 1.82) is 0 Å². The molecular formula is C20H20N2O8S. The van der Waals surface area contributed by atoms with Crippen LogP contribution in [0.3, 0.4) is 0 Å². The van der Waals surface area contributed by atoms with Crippen LogP contribution in [0.1, 0.15) is 30.5 Å². The first-order valence-electron chi connectivity index (χ1n) is 9.30. The second-order valence-electron chi connectivity index (χ2n) is 6.61. The van der Waals surface area contributed by atoms with Crippen molar-refractivity contribution in [2.24, 2.45) is 0 Å². The van der Waals surface area contributed by atoms with E-state index in [1.54, 1.807) is 0 Å². The summed E-state index contributed by atoms with van der Waals surface area (Å²) in [5.41, 5.74) is 1.12. The third-order valence-corrected chi connectivity index (χ3v) is 5.58. The molecule has 31 heavy (non-hydrogen) atoms. The zero-order valence-corrected chi connectivity index (χ0v) is 17.1. The van der Waals surface area contributed by atoms with E-state index in [9.17, 15) is 19.2 Å². The van der Waals surface area contributed by atoms with Gasteiger partial charge in [0, 0.05) is 24.0 Å². The highest BCUT2D eigenvalue weighted by Crippen LogP contribution is 2.27. The largest absolute Gasteiger partial charge is 0.482 e. The zero-order valence-electron chi connectivity index (χ0n) is 16.3. The van der Waals surface area contributed by atoms with Crippen molar-refractivity contribution in [3.8, 4) is 11.5 Å². The number of rotatable bonds is 10. The molecule has 11 heteroatoms. The van der Waals surface area contributed by atoms with Crippen molar-refractivity contribution < 1.29 is 38.9 Å². The van der Waals surface area contributed by atoms with Crippen LogP contribution >= 0.6 is 11.3 Å². The van der Waals surface area contributed by atoms with E-state index in [1.807, 2.05) is 6.07 Å². The Morgan fingerprint density at radius 2 is 1.81 bits per heavy atom. The van der Waals surface area contributed by atoms with Gasteiger partial charge in [0.25, 0.3) is 5.91 Å². The van der Waals surface area contributed by atoms with E-state index in [4.69, 9.17) is 19.7 Å². The molecule has 0 atom stereocenters. The minimum absolute atomic E-state index is 0.0406. The second-order valence-corrected chi connectivity index (χ2v) is 7.75. The fourth-order valence-electron chi connectivity index (χ4n) is 2.93. The number of benzene rings is 1. The Balaban J connectivity index is 1.68. The molecule has 1 aromatic heterocycles. The van der Waals surface area contributed by atoms with Crippen LogP contribution < -0.4 is 20.1 Å². The zero-order chi connectivity index (χ0) is 22.4. The number of fused-ring (bicyclic) bond motifs is 1. The molecular weight excluding hydrogens is 428 g/mol. The number of carbonyl (C=O) groups is 4. The fourth-order valence-corrected chi connectivity index (χ4v) is 4.03. The number of thiophene rings is 1. The van der Waals surface area contributed by atoms with E-state index < -0.39 is 30.9 Å². The van der Waals surface area contributed by atoms with Gasteiger partial charge in [-0.1, -0.05) is 0 Å². The number of carboxylic acid groups (broad SMARTS) is 2. The van der Waals surface area contributed by atoms with Crippen molar-refractivity contribution in [3.63, 3.8) is 0 Å². The quantitative estimate of drug-likeness (QED) is 0.389. The number of ether oxygens (including phenoxy) is 2. The Hall–Kier alpha value is -3.44. The molecule has 0 spiro atoms. The van der Waals surface area contributed by atoms with Gasteiger partial charge >= 0.3 is 11.9 Å². The number of carbonyl (C=O) groups excluding carboxylic acids is 2. The average molecular weight is 448 g/mol. The summed E-state index contributed by atoms with van der Waals surface area (Å²) in [5.74, 6) is -3.30. The van der Waals surface area contributed by atoms with Crippen LogP contribution in [-0.2, 0) is 22.6 Å². The maximum atomic E-state index is 12.6. The number of hydrogen-bond donors (Lipinski definition) is 4.